The summed E-state index contributed by atoms with van der Waals surface area (Å²) in [4.78, 5) is 12.5. The number of hydrogen-bond acceptors (Lipinski definition) is 5. The van der Waals surface area contributed by atoms with E-state index >= 15 is 0 Å². The number of fused-ring (bicyclic) bond motifs is 2. The van der Waals surface area contributed by atoms with Crippen molar-refractivity contribution in [2.75, 3.05) is 0 Å². The van der Waals surface area contributed by atoms with Gasteiger partial charge in [0.15, 0.2) is 5.78 Å². The van der Waals surface area contributed by atoms with E-state index in [0.717, 1.165) is 0 Å². The SMILES string of the molecule is Cc1cc(O)c2c(c1O)C(O)C1CC(O)CCC1C2=O. The van der Waals surface area contributed by atoms with Gasteiger partial charge in [0, 0.05) is 17.4 Å². The average molecular weight is 278 g/mol. The van der Waals surface area contributed by atoms with E-state index in [1.807, 2.05) is 0 Å². The van der Waals surface area contributed by atoms with Gasteiger partial charge in [-0.05, 0) is 37.8 Å². The molecule has 1 aromatic rings. The number of carbonyl (C=O) groups is 1. The van der Waals surface area contributed by atoms with E-state index in [9.17, 15) is 25.2 Å². The van der Waals surface area contributed by atoms with Crippen molar-refractivity contribution in [1.29, 1.82) is 0 Å². The Labute approximate surface area is 116 Å². The smallest absolute Gasteiger partial charge is 0.170 e. The number of hydrogen-bond donors (Lipinski definition) is 4. The largest absolute Gasteiger partial charge is 0.507 e. The maximum absolute atomic E-state index is 12.5. The predicted molar refractivity (Wildman–Crippen MR) is 70.6 cm³/mol. The first kappa shape index (κ1) is 13.4. The van der Waals surface area contributed by atoms with Crippen molar-refractivity contribution in [3.05, 3.63) is 22.8 Å². The van der Waals surface area contributed by atoms with E-state index in [1.54, 1.807) is 6.92 Å². The second-order valence-electron chi connectivity index (χ2n) is 5.90. The number of phenolic OH excluding ortho intramolecular Hbond substituents is 2. The summed E-state index contributed by atoms with van der Waals surface area (Å²) in [5.41, 5.74) is 0.573. The first-order chi connectivity index (χ1) is 9.41. The van der Waals surface area contributed by atoms with Crippen molar-refractivity contribution in [3.8, 4) is 11.5 Å². The molecule has 4 unspecified atom stereocenters. The number of rotatable bonds is 0. The summed E-state index contributed by atoms with van der Waals surface area (Å²) in [5, 5.41) is 40.4. The summed E-state index contributed by atoms with van der Waals surface area (Å²) in [7, 11) is 0. The van der Waals surface area contributed by atoms with Gasteiger partial charge in [0.2, 0.25) is 0 Å². The second kappa shape index (κ2) is 4.46. The van der Waals surface area contributed by atoms with E-state index < -0.39 is 24.0 Å². The predicted octanol–water partition coefficient (Wildman–Crippen LogP) is 1.41. The Morgan fingerprint density at radius 1 is 1.20 bits per heavy atom. The number of aliphatic hydroxyl groups is 2. The molecule has 4 atom stereocenters. The maximum atomic E-state index is 12.5. The molecule has 0 aliphatic heterocycles. The van der Waals surface area contributed by atoms with Crippen molar-refractivity contribution < 1.29 is 25.2 Å². The zero-order valence-corrected chi connectivity index (χ0v) is 11.2. The fourth-order valence-corrected chi connectivity index (χ4v) is 3.62. The molecule has 1 aromatic carbocycles. The van der Waals surface area contributed by atoms with Gasteiger partial charge in [-0.3, -0.25) is 4.79 Å². The van der Waals surface area contributed by atoms with Gasteiger partial charge < -0.3 is 20.4 Å². The third-order valence-electron chi connectivity index (χ3n) is 4.66. The number of benzene rings is 1. The van der Waals surface area contributed by atoms with Crippen molar-refractivity contribution >= 4 is 5.78 Å². The lowest BCUT2D eigenvalue weighted by Crippen LogP contribution is -2.40. The lowest BCUT2D eigenvalue weighted by atomic mass is 9.65. The Hall–Kier alpha value is -1.59. The number of phenols is 2. The summed E-state index contributed by atoms with van der Waals surface area (Å²) >= 11 is 0. The number of aromatic hydroxyl groups is 2. The minimum Gasteiger partial charge on any atom is -0.507 e. The molecule has 5 nitrogen and oxygen atoms in total. The van der Waals surface area contributed by atoms with E-state index in [4.69, 9.17) is 0 Å². The lowest BCUT2D eigenvalue weighted by Gasteiger charge is -2.41. The number of ketones is 1. The van der Waals surface area contributed by atoms with Gasteiger partial charge in [-0.2, -0.15) is 0 Å². The highest BCUT2D eigenvalue weighted by atomic mass is 16.3. The van der Waals surface area contributed by atoms with Gasteiger partial charge >= 0.3 is 0 Å². The normalized spacial score (nSPS) is 32.6. The maximum Gasteiger partial charge on any atom is 0.170 e. The zero-order valence-electron chi connectivity index (χ0n) is 11.2. The van der Waals surface area contributed by atoms with Gasteiger partial charge in [-0.1, -0.05) is 0 Å². The van der Waals surface area contributed by atoms with Crippen LogP contribution in [0, 0.1) is 18.8 Å². The molecule has 0 saturated heterocycles. The molecule has 1 saturated carbocycles. The zero-order chi connectivity index (χ0) is 14.6. The minimum atomic E-state index is -1.03. The van der Waals surface area contributed by atoms with Crippen LogP contribution in [-0.4, -0.2) is 32.3 Å². The fraction of sp³-hybridized carbons (Fsp3) is 0.533. The summed E-state index contributed by atoms with van der Waals surface area (Å²) in [5.74, 6) is -1.36. The summed E-state index contributed by atoms with van der Waals surface area (Å²) in [6.45, 7) is 1.61. The van der Waals surface area contributed by atoms with Crippen LogP contribution in [-0.2, 0) is 0 Å². The van der Waals surface area contributed by atoms with Gasteiger partial charge in [0.1, 0.15) is 11.5 Å². The molecule has 2 aliphatic rings. The molecule has 0 bridgehead atoms. The van der Waals surface area contributed by atoms with Crippen LogP contribution in [0.4, 0.5) is 0 Å². The van der Waals surface area contributed by atoms with Crippen molar-refractivity contribution in [3.63, 3.8) is 0 Å². The topological polar surface area (TPSA) is 98.0 Å². The highest BCUT2D eigenvalue weighted by molar-refractivity contribution is 6.04. The highest BCUT2D eigenvalue weighted by Crippen LogP contribution is 2.50. The van der Waals surface area contributed by atoms with E-state index in [0.29, 0.717) is 24.8 Å². The van der Waals surface area contributed by atoms with Gasteiger partial charge in [-0.25, -0.2) is 0 Å². The summed E-state index contributed by atoms with van der Waals surface area (Å²) < 4.78 is 0. The summed E-state index contributed by atoms with van der Waals surface area (Å²) in [6, 6.07) is 1.34. The highest BCUT2D eigenvalue weighted by Gasteiger charge is 2.46. The standard InChI is InChI=1S/C15H18O5/c1-6-4-10(17)11-12(13(6)18)15(20)9-5-7(16)2-3-8(9)14(11)19/h4,7-9,15-18,20H,2-3,5H2,1H3. The number of aryl methyl sites for hydroxylation is 1. The van der Waals surface area contributed by atoms with Crippen LogP contribution in [0.1, 0.15) is 46.9 Å². The van der Waals surface area contributed by atoms with E-state index in [2.05, 4.69) is 0 Å². The molecule has 1 fully saturated rings. The summed E-state index contributed by atoms with van der Waals surface area (Å²) in [6.07, 6.45) is -0.206. The molecule has 108 valence electrons. The van der Waals surface area contributed by atoms with Crippen LogP contribution in [0.5, 0.6) is 11.5 Å². The first-order valence-electron chi connectivity index (χ1n) is 6.87. The van der Waals surface area contributed by atoms with Gasteiger partial charge in [-0.15, -0.1) is 0 Å². The molecular formula is C15H18O5. The van der Waals surface area contributed by atoms with Crippen LogP contribution in [0.15, 0.2) is 6.07 Å². The van der Waals surface area contributed by atoms with E-state index in [1.165, 1.54) is 6.07 Å². The Bertz CT molecular complexity index is 580. The number of Topliss-reactive ketones (excluding diaryl/α,β-unsaturated/α-hetero) is 1. The number of carbonyl (C=O) groups excluding carboxylic acids is 1. The van der Waals surface area contributed by atoms with E-state index in [-0.39, 0.29) is 28.4 Å². The molecule has 4 N–H and O–H groups in total. The van der Waals surface area contributed by atoms with Crippen LogP contribution in [0.25, 0.3) is 0 Å². The third-order valence-corrected chi connectivity index (χ3v) is 4.66. The van der Waals surface area contributed by atoms with Crippen LogP contribution < -0.4 is 0 Å². The molecule has 0 radical (unpaired) electrons. The molecule has 0 spiro atoms. The molecule has 2 aliphatic carbocycles. The molecule has 3 rings (SSSR count). The van der Waals surface area contributed by atoms with Crippen molar-refractivity contribution in [1.82, 2.24) is 0 Å². The van der Waals surface area contributed by atoms with Crippen LogP contribution in [0.3, 0.4) is 0 Å². The molecule has 0 amide bonds. The third kappa shape index (κ3) is 1.73. The monoisotopic (exact) mass is 278 g/mol. The second-order valence-corrected chi connectivity index (χ2v) is 5.90. The Morgan fingerprint density at radius 3 is 2.60 bits per heavy atom. The van der Waals surface area contributed by atoms with Crippen molar-refractivity contribution in [2.24, 2.45) is 11.8 Å². The lowest BCUT2D eigenvalue weighted by molar-refractivity contribution is -0.00809. The van der Waals surface area contributed by atoms with Crippen molar-refractivity contribution in [2.45, 2.75) is 38.4 Å². The molecule has 20 heavy (non-hydrogen) atoms. The molecule has 0 aromatic heterocycles. The van der Waals surface area contributed by atoms with Gasteiger partial charge in [0.05, 0.1) is 17.8 Å². The molecular weight excluding hydrogens is 260 g/mol. The molecule has 0 heterocycles. The quantitative estimate of drug-likeness (QED) is 0.538. The average Bonchev–Trinajstić information content (AvgIpc) is 2.40. The van der Waals surface area contributed by atoms with Gasteiger partial charge in [0.25, 0.3) is 0 Å². The Morgan fingerprint density at radius 2 is 1.90 bits per heavy atom. The minimum absolute atomic E-state index is 0.0400. The first-order valence-corrected chi connectivity index (χ1v) is 6.87. The fourth-order valence-electron chi connectivity index (χ4n) is 3.62. The Balaban J connectivity index is 2.18. The Kier molecular flexibility index (Phi) is 2.99. The van der Waals surface area contributed by atoms with Crippen LogP contribution >= 0.6 is 0 Å². The van der Waals surface area contributed by atoms with Crippen LogP contribution in [0.2, 0.25) is 0 Å². The number of aliphatic hydroxyl groups excluding tert-OH is 2. The molecule has 5 heteroatoms.